The number of urea groups is 1. The highest BCUT2D eigenvalue weighted by molar-refractivity contribution is 5.82. The lowest BCUT2D eigenvalue weighted by atomic mass is 9.87. The number of nitrogens with one attached hydrogen (secondary N) is 2. The number of hydrogen-bond donors (Lipinski definition) is 3. The summed E-state index contributed by atoms with van der Waals surface area (Å²) < 4.78 is 0. The Kier molecular flexibility index (Phi) is 3.78. The highest BCUT2D eigenvalue weighted by Crippen LogP contribution is 2.36. The van der Waals surface area contributed by atoms with Crippen molar-refractivity contribution >= 4 is 12.0 Å². The quantitative estimate of drug-likeness (QED) is 0.682. The first-order chi connectivity index (χ1) is 7.33. The molecule has 0 radical (unpaired) electrons. The molecule has 0 heterocycles. The van der Waals surface area contributed by atoms with Crippen LogP contribution in [0.2, 0.25) is 0 Å². The first-order valence-corrected chi connectivity index (χ1v) is 5.63. The average molecular weight is 228 g/mol. The third kappa shape index (κ3) is 3.12. The minimum Gasteiger partial charge on any atom is -0.480 e. The molecule has 0 spiro atoms. The number of amides is 2. The molecule has 1 unspecified atom stereocenters. The van der Waals surface area contributed by atoms with E-state index in [1.54, 1.807) is 0 Å². The van der Waals surface area contributed by atoms with Gasteiger partial charge in [-0.05, 0) is 25.2 Å². The predicted molar refractivity (Wildman–Crippen MR) is 60.2 cm³/mol. The average Bonchev–Trinajstić information content (AvgIpc) is 2.45. The zero-order valence-corrected chi connectivity index (χ0v) is 10.0. The fourth-order valence-corrected chi connectivity index (χ4v) is 2.05. The van der Waals surface area contributed by atoms with Crippen LogP contribution in [0.5, 0.6) is 0 Å². The van der Waals surface area contributed by atoms with E-state index in [1.807, 2.05) is 0 Å². The van der Waals surface area contributed by atoms with Gasteiger partial charge >= 0.3 is 12.0 Å². The molecule has 0 aromatic rings. The summed E-state index contributed by atoms with van der Waals surface area (Å²) in [6, 6.07) is -1.12. The van der Waals surface area contributed by atoms with Gasteiger partial charge in [-0.2, -0.15) is 0 Å². The predicted octanol–water partition coefficient (Wildman–Crippen LogP) is 1.34. The fraction of sp³-hybridized carbons (Fsp3) is 0.818. The number of carboxylic acid groups (broad SMARTS) is 1. The summed E-state index contributed by atoms with van der Waals surface area (Å²) in [6.07, 6.45) is 3.15. The molecule has 0 aromatic carbocycles. The molecule has 2 atom stereocenters. The summed E-state index contributed by atoms with van der Waals surface area (Å²) in [5.74, 6) is -1.03. The Balaban J connectivity index is 2.43. The van der Waals surface area contributed by atoms with Crippen molar-refractivity contribution in [2.24, 2.45) is 5.41 Å². The molecule has 1 aliphatic rings. The lowest BCUT2D eigenvalue weighted by Gasteiger charge is -2.28. The molecule has 1 aliphatic carbocycles. The van der Waals surface area contributed by atoms with Gasteiger partial charge in [0.15, 0.2) is 0 Å². The molecule has 92 valence electrons. The number of carbonyl (C=O) groups is 2. The third-order valence-corrected chi connectivity index (χ3v) is 3.28. The van der Waals surface area contributed by atoms with E-state index in [0.29, 0.717) is 0 Å². The van der Waals surface area contributed by atoms with Crippen molar-refractivity contribution in [3.8, 4) is 0 Å². The van der Waals surface area contributed by atoms with Crippen molar-refractivity contribution in [2.45, 2.75) is 52.1 Å². The molecule has 5 heteroatoms. The second kappa shape index (κ2) is 4.72. The van der Waals surface area contributed by atoms with E-state index in [1.165, 1.54) is 6.92 Å². The van der Waals surface area contributed by atoms with Crippen LogP contribution >= 0.6 is 0 Å². The van der Waals surface area contributed by atoms with E-state index in [0.717, 1.165) is 19.3 Å². The van der Waals surface area contributed by atoms with Crippen molar-refractivity contribution in [3.05, 3.63) is 0 Å². The van der Waals surface area contributed by atoms with Crippen molar-refractivity contribution in [1.82, 2.24) is 10.6 Å². The van der Waals surface area contributed by atoms with Crippen LogP contribution in [0, 0.1) is 5.41 Å². The molecule has 1 fully saturated rings. The van der Waals surface area contributed by atoms with Crippen LogP contribution < -0.4 is 10.6 Å². The molecule has 2 amide bonds. The van der Waals surface area contributed by atoms with E-state index in [4.69, 9.17) is 5.11 Å². The summed E-state index contributed by atoms with van der Waals surface area (Å²) in [6.45, 7) is 5.68. The zero-order chi connectivity index (χ0) is 12.3. The van der Waals surface area contributed by atoms with Crippen LogP contribution in [-0.2, 0) is 4.79 Å². The Bertz CT molecular complexity index is 289. The Morgan fingerprint density at radius 2 is 2.06 bits per heavy atom. The Morgan fingerprint density at radius 3 is 2.50 bits per heavy atom. The van der Waals surface area contributed by atoms with E-state index < -0.39 is 18.0 Å². The zero-order valence-electron chi connectivity index (χ0n) is 10.0. The lowest BCUT2D eigenvalue weighted by molar-refractivity contribution is -0.138. The van der Waals surface area contributed by atoms with Gasteiger partial charge in [0.25, 0.3) is 0 Å². The number of hydrogen-bond acceptors (Lipinski definition) is 2. The molecule has 3 N–H and O–H groups in total. The molecule has 0 bridgehead atoms. The SMILES string of the molecule is C[C@@H](NC(=O)NC1CCCC1(C)C)C(=O)O. The summed E-state index contributed by atoms with van der Waals surface area (Å²) >= 11 is 0. The van der Waals surface area contributed by atoms with Crippen LogP contribution in [0.3, 0.4) is 0 Å². The molecular formula is C11H20N2O3. The van der Waals surface area contributed by atoms with Gasteiger partial charge in [0.05, 0.1) is 0 Å². The summed E-state index contributed by atoms with van der Waals surface area (Å²) in [5.41, 5.74) is 0.101. The molecule has 16 heavy (non-hydrogen) atoms. The van der Waals surface area contributed by atoms with Crippen LogP contribution in [0.25, 0.3) is 0 Å². The highest BCUT2D eigenvalue weighted by atomic mass is 16.4. The smallest absolute Gasteiger partial charge is 0.325 e. The number of rotatable bonds is 3. The van der Waals surface area contributed by atoms with Crippen molar-refractivity contribution in [3.63, 3.8) is 0 Å². The van der Waals surface area contributed by atoms with Crippen molar-refractivity contribution in [2.75, 3.05) is 0 Å². The molecule has 1 saturated carbocycles. The van der Waals surface area contributed by atoms with Crippen LogP contribution in [-0.4, -0.2) is 29.2 Å². The van der Waals surface area contributed by atoms with Gasteiger partial charge < -0.3 is 15.7 Å². The van der Waals surface area contributed by atoms with Gasteiger partial charge in [-0.1, -0.05) is 20.3 Å². The largest absolute Gasteiger partial charge is 0.480 e. The summed E-state index contributed by atoms with van der Waals surface area (Å²) in [7, 11) is 0. The van der Waals surface area contributed by atoms with Crippen molar-refractivity contribution in [1.29, 1.82) is 0 Å². The molecule has 0 aromatic heterocycles. The van der Waals surface area contributed by atoms with Gasteiger partial charge in [-0.25, -0.2) is 4.79 Å². The van der Waals surface area contributed by atoms with Crippen LogP contribution in [0.15, 0.2) is 0 Å². The van der Waals surface area contributed by atoms with Crippen molar-refractivity contribution < 1.29 is 14.7 Å². The Morgan fingerprint density at radius 1 is 1.44 bits per heavy atom. The summed E-state index contributed by atoms with van der Waals surface area (Å²) in [4.78, 5) is 22.1. The minimum absolute atomic E-state index is 0.101. The fourth-order valence-electron chi connectivity index (χ4n) is 2.05. The second-order valence-corrected chi connectivity index (χ2v) is 5.11. The summed E-state index contributed by atoms with van der Waals surface area (Å²) in [5, 5.41) is 13.9. The molecule has 5 nitrogen and oxygen atoms in total. The first-order valence-electron chi connectivity index (χ1n) is 5.63. The van der Waals surface area contributed by atoms with Gasteiger partial charge in [0, 0.05) is 6.04 Å². The maximum Gasteiger partial charge on any atom is 0.325 e. The van der Waals surface area contributed by atoms with E-state index >= 15 is 0 Å². The maximum atomic E-state index is 11.5. The number of carbonyl (C=O) groups excluding carboxylic acids is 1. The van der Waals surface area contributed by atoms with Gasteiger partial charge in [-0.3, -0.25) is 4.79 Å². The van der Waals surface area contributed by atoms with E-state index in [2.05, 4.69) is 24.5 Å². The first kappa shape index (κ1) is 12.8. The third-order valence-electron chi connectivity index (χ3n) is 3.28. The molecule has 0 aliphatic heterocycles. The topological polar surface area (TPSA) is 78.4 Å². The molecular weight excluding hydrogens is 208 g/mol. The second-order valence-electron chi connectivity index (χ2n) is 5.11. The van der Waals surface area contributed by atoms with Crippen LogP contribution in [0.1, 0.15) is 40.0 Å². The Labute approximate surface area is 95.6 Å². The lowest BCUT2D eigenvalue weighted by Crippen LogP contribution is -2.50. The monoisotopic (exact) mass is 228 g/mol. The van der Waals surface area contributed by atoms with Gasteiger partial charge in [0.2, 0.25) is 0 Å². The number of aliphatic carboxylic acids is 1. The van der Waals surface area contributed by atoms with Gasteiger partial charge in [-0.15, -0.1) is 0 Å². The normalized spacial score (nSPS) is 24.8. The van der Waals surface area contributed by atoms with E-state index in [9.17, 15) is 9.59 Å². The van der Waals surface area contributed by atoms with Crippen LogP contribution in [0.4, 0.5) is 4.79 Å². The molecule has 1 rings (SSSR count). The maximum absolute atomic E-state index is 11.5. The highest BCUT2D eigenvalue weighted by Gasteiger charge is 2.35. The van der Waals surface area contributed by atoms with E-state index in [-0.39, 0.29) is 11.5 Å². The molecule has 0 saturated heterocycles. The Hall–Kier alpha value is -1.26. The minimum atomic E-state index is -1.03. The number of carboxylic acids is 1. The standard InChI is InChI=1S/C11H20N2O3/c1-7(9(14)15)12-10(16)13-8-5-4-6-11(8,2)3/h7-8H,4-6H2,1-3H3,(H,14,15)(H2,12,13,16)/t7-,8?/m1/s1. The van der Waals surface area contributed by atoms with Gasteiger partial charge in [0.1, 0.15) is 6.04 Å².